The highest BCUT2D eigenvalue weighted by Gasteiger charge is 2.45. The second-order valence-corrected chi connectivity index (χ2v) is 4.68. The molecule has 2 aliphatic rings. The van der Waals surface area contributed by atoms with E-state index in [2.05, 4.69) is 17.1 Å². The Morgan fingerprint density at radius 3 is 2.71 bits per heavy atom. The molecule has 82 valence electrons. The van der Waals surface area contributed by atoms with E-state index in [0.29, 0.717) is 6.04 Å². The summed E-state index contributed by atoms with van der Waals surface area (Å²) < 4.78 is 25.2. The first kappa shape index (κ1) is 10.3. The summed E-state index contributed by atoms with van der Waals surface area (Å²) in [6.07, 6.45) is 0.202. The van der Waals surface area contributed by atoms with Gasteiger partial charge in [0.25, 0.3) is 0 Å². The van der Waals surface area contributed by atoms with Crippen molar-refractivity contribution in [2.75, 3.05) is 26.2 Å². The summed E-state index contributed by atoms with van der Waals surface area (Å²) in [7, 11) is 0. The highest BCUT2D eigenvalue weighted by atomic mass is 19.3. The van der Waals surface area contributed by atoms with Crippen molar-refractivity contribution in [3.8, 4) is 0 Å². The second kappa shape index (κ2) is 3.74. The van der Waals surface area contributed by atoms with Crippen LogP contribution in [0.1, 0.15) is 19.8 Å². The molecule has 0 aromatic rings. The number of nitrogens with one attached hydrogen (secondary N) is 1. The molecule has 1 N–H and O–H groups in total. The van der Waals surface area contributed by atoms with E-state index in [4.69, 9.17) is 0 Å². The standard InChI is InChI=1S/C10H18F2N2/c1-8-6-13-2-3-14(8)7-9-4-10(11,12)5-9/h8-9,13H,2-7H2,1H3/t8-/m1/s1. The first-order valence-electron chi connectivity index (χ1n) is 5.39. The van der Waals surface area contributed by atoms with E-state index in [-0.39, 0.29) is 18.8 Å². The minimum atomic E-state index is -2.36. The van der Waals surface area contributed by atoms with Gasteiger partial charge in [-0.3, -0.25) is 4.90 Å². The normalized spacial score (nSPS) is 34.1. The SMILES string of the molecule is C[C@@H]1CNCCN1CC1CC(F)(F)C1. The van der Waals surface area contributed by atoms with Crippen LogP contribution in [0, 0.1) is 5.92 Å². The number of alkyl halides is 2. The van der Waals surface area contributed by atoms with Crippen molar-refractivity contribution < 1.29 is 8.78 Å². The number of piperazine rings is 1. The van der Waals surface area contributed by atoms with Crippen LogP contribution in [0.15, 0.2) is 0 Å². The maximum Gasteiger partial charge on any atom is 0.248 e. The van der Waals surface area contributed by atoms with Gasteiger partial charge in [-0.1, -0.05) is 0 Å². The Hall–Kier alpha value is -0.220. The third-order valence-electron chi connectivity index (χ3n) is 3.31. The van der Waals surface area contributed by atoms with Gasteiger partial charge < -0.3 is 5.32 Å². The Morgan fingerprint density at radius 1 is 1.43 bits per heavy atom. The molecule has 1 atom stereocenters. The van der Waals surface area contributed by atoms with Crippen molar-refractivity contribution >= 4 is 0 Å². The number of rotatable bonds is 2. The molecular formula is C10H18F2N2. The van der Waals surface area contributed by atoms with Crippen molar-refractivity contribution in [3.05, 3.63) is 0 Å². The fourth-order valence-electron chi connectivity index (χ4n) is 2.40. The van der Waals surface area contributed by atoms with Crippen LogP contribution in [-0.2, 0) is 0 Å². The molecule has 14 heavy (non-hydrogen) atoms. The van der Waals surface area contributed by atoms with E-state index in [1.54, 1.807) is 0 Å². The van der Waals surface area contributed by atoms with Crippen LogP contribution in [0.4, 0.5) is 8.78 Å². The van der Waals surface area contributed by atoms with E-state index < -0.39 is 5.92 Å². The molecular weight excluding hydrogens is 186 g/mol. The molecule has 0 bridgehead atoms. The van der Waals surface area contributed by atoms with Crippen molar-refractivity contribution in [2.45, 2.75) is 31.7 Å². The lowest BCUT2D eigenvalue weighted by Gasteiger charge is -2.41. The highest BCUT2D eigenvalue weighted by Crippen LogP contribution is 2.42. The largest absolute Gasteiger partial charge is 0.314 e. The fourth-order valence-corrected chi connectivity index (χ4v) is 2.40. The lowest BCUT2D eigenvalue weighted by molar-refractivity contribution is -0.118. The van der Waals surface area contributed by atoms with Crippen LogP contribution in [0.25, 0.3) is 0 Å². The molecule has 1 aliphatic heterocycles. The topological polar surface area (TPSA) is 15.3 Å². The lowest BCUT2D eigenvalue weighted by Crippen LogP contribution is -2.53. The molecule has 1 saturated carbocycles. The summed E-state index contributed by atoms with van der Waals surface area (Å²) >= 11 is 0. The molecule has 2 nitrogen and oxygen atoms in total. The Labute approximate surface area is 83.7 Å². The average molecular weight is 204 g/mol. The van der Waals surface area contributed by atoms with E-state index in [0.717, 1.165) is 26.2 Å². The Kier molecular flexibility index (Phi) is 2.75. The third kappa shape index (κ3) is 2.23. The molecule has 0 aromatic heterocycles. The predicted octanol–water partition coefficient (Wildman–Crippen LogP) is 1.33. The summed E-state index contributed by atoms with van der Waals surface area (Å²) in [4.78, 5) is 2.33. The van der Waals surface area contributed by atoms with Crippen LogP contribution in [-0.4, -0.2) is 43.0 Å². The van der Waals surface area contributed by atoms with Crippen molar-refractivity contribution in [2.24, 2.45) is 5.92 Å². The number of hydrogen-bond acceptors (Lipinski definition) is 2. The van der Waals surface area contributed by atoms with Crippen LogP contribution in [0.2, 0.25) is 0 Å². The van der Waals surface area contributed by atoms with Crippen LogP contribution >= 0.6 is 0 Å². The smallest absolute Gasteiger partial charge is 0.248 e. The molecule has 0 unspecified atom stereocenters. The molecule has 1 heterocycles. The van der Waals surface area contributed by atoms with E-state index in [9.17, 15) is 8.78 Å². The minimum Gasteiger partial charge on any atom is -0.314 e. The van der Waals surface area contributed by atoms with Crippen molar-refractivity contribution in [1.29, 1.82) is 0 Å². The summed E-state index contributed by atoms with van der Waals surface area (Å²) in [5.74, 6) is -2.13. The summed E-state index contributed by atoms with van der Waals surface area (Å²) in [6.45, 7) is 6.00. The fraction of sp³-hybridized carbons (Fsp3) is 1.00. The molecule has 0 spiro atoms. The van der Waals surface area contributed by atoms with E-state index >= 15 is 0 Å². The Bertz CT molecular complexity index is 200. The van der Waals surface area contributed by atoms with Crippen molar-refractivity contribution in [1.82, 2.24) is 10.2 Å². The van der Waals surface area contributed by atoms with E-state index in [1.165, 1.54) is 0 Å². The predicted molar refractivity (Wildman–Crippen MR) is 51.6 cm³/mol. The van der Waals surface area contributed by atoms with Crippen molar-refractivity contribution in [3.63, 3.8) is 0 Å². The number of hydrogen-bond donors (Lipinski definition) is 1. The zero-order valence-electron chi connectivity index (χ0n) is 8.60. The van der Waals surface area contributed by atoms with Gasteiger partial charge in [0, 0.05) is 45.1 Å². The molecule has 4 heteroatoms. The number of halogens is 2. The van der Waals surface area contributed by atoms with E-state index in [1.807, 2.05) is 0 Å². The van der Waals surface area contributed by atoms with Gasteiger partial charge in [0.1, 0.15) is 0 Å². The Morgan fingerprint density at radius 2 is 2.14 bits per heavy atom. The third-order valence-corrected chi connectivity index (χ3v) is 3.31. The molecule has 2 rings (SSSR count). The first-order valence-corrected chi connectivity index (χ1v) is 5.39. The summed E-state index contributed by atoms with van der Waals surface area (Å²) in [6, 6.07) is 0.498. The molecule has 0 aromatic carbocycles. The number of nitrogens with zero attached hydrogens (tertiary/aromatic N) is 1. The van der Waals surface area contributed by atoms with Crippen LogP contribution in [0.5, 0.6) is 0 Å². The zero-order chi connectivity index (χ0) is 10.2. The monoisotopic (exact) mass is 204 g/mol. The summed E-state index contributed by atoms with van der Waals surface area (Å²) in [5.41, 5.74) is 0. The molecule has 0 amide bonds. The lowest BCUT2D eigenvalue weighted by atomic mass is 9.81. The van der Waals surface area contributed by atoms with Crippen LogP contribution < -0.4 is 5.32 Å². The summed E-state index contributed by atoms with van der Waals surface area (Å²) in [5, 5.41) is 3.30. The van der Waals surface area contributed by atoms with Gasteiger partial charge in [-0.15, -0.1) is 0 Å². The van der Waals surface area contributed by atoms with Gasteiger partial charge >= 0.3 is 0 Å². The van der Waals surface area contributed by atoms with Gasteiger partial charge in [0.2, 0.25) is 5.92 Å². The quantitative estimate of drug-likeness (QED) is 0.730. The highest BCUT2D eigenvalue weighted by molar-refractivity contribution is 4.89. The van der Waals surface area contributed by atoms with Gasteiger partial charge in [-0.2, -0.15) is 0 Å². The van der Waals surface area contributed by atoms with Gasteiger partial charge in [-0.25, -0.2) is 8.78 Å². The molecule has 1 saturated heterocycles. The van der Waals surface area contributed by atoms with Crippen LogP contribution in [0.3, 0.4) is 0 Å². The molecule has 2 fully saturated rings. The molecule has 0 radical (unpaired) electrons. The Balaban J connectivity index is 1.75. The average Bonchev–Trinajstić information content (AvgIpc) is 2.05. The first-order chi connectivity index (χ1) is 6.57. The zero-order valence-corrected chi connectivity index (χ0v) is 8.60. The maximum atomic E-state index is 12.6. The second-order valence-electron chi connectivity index (χ2n) is 4.68. The van der Waals surface area contributed by atoms with Gasteiger partial charge in [0.05, 0.1) is 0 Å². The maximum absolute atomic E-state index is 12.6. The van der Waals surface area contributed by atoms with Gasteiger partial charge in [0.15, 0.2) is 0 Å². The molecule has 1 aliphatic carbocycles. The van der Waals surface area contributed by atoms with Gasteiger partial charge in [-0.05, 0) is 12.8 Å². The minimum absolute atomic E-state index is 0.101.